The van der Waals surface area contributed by atoms with E-state index in [-0.39, 0.29) is 0 Å². The highest BCUT2D eigenvalue weighted by atomic mass is 16.5. The van der Waals surface area contributed by atoms with Gasteiger partial charge in [0.2, 0.25) is 0 Å². The fourth-order valence-electron chi connectivity index (χ4n) is 3.24. The van der Waals surface area contributed by atoms with Crippen molar-refractivity contribution in [1.82, 2.24) is 24.7 Å². The van der Waals surface area contributed by atoms with Crippen LogP contribution in [0.1, 0.15) is 40.9 Å². The average Bonchev–Trinajstić information content (AvgIpc) is 2.99. The van der Waals surface area contributed by atoms with Crippen molar-refractivity contribution in [3.63, 3.8) is 0 Å². The Morgan fingerprint density at radius 1 is 1.33 bits per heavy atom. The summed E-state index contributed by atoms with van der Waals surface area (Å²) in [5, 5.41) is 19.0. The second-order valence-electron chi connectivity index (χ2n) is 6.93. The zero-order chi connectivity index (χ0) is 17.3. The number of rotatable bonds is 5. The van der Waals surface area contributed by atoms with Gasteiger partial charge in [-0.15, -0.1) is 0 Å². The lowest BCUT2D eigenvalue weighted by atomic mass is 10.2. The van der Waals surface area contributed by atoms with E-state index < -0.39 is 6.10 Å². The predicted octanol–water partition coefficient (Wildman–Crippen LogP) is 1.49. The zero-order valence-electron chi connectivity index (χ0n) is 15.0. The Hall–Kier alpha value is -1.70. The van der Waals surface area contributed by atoms with E-state index in [0.29, 0.717) is 6.54 Å². The van der Waals surface area contributed by atoms with Crippen molar-refractivity contribution < 1.29 is 9.63 Å². The molecule has 0 unspecified atom stereocenters. The Bertz CT molecular complexity index is 672. The van der Waals surface area contributed by atoms with Gasteiger partial charge in [0.05, 0.1) is 17.1 Å². The molecule has 0 bridgehead atoms. The molecular formula is C17H27N5O2. The van der Waals surface area contributed by atoms with E-state index in [1.54, 1.807) is 0 Å². The molecule has 7 nitrogen and oxygen atoms in total. The minimum absolute atomic E-state index is 0.546. The summed E-state index contributed by atoms with van der Waals surface area (Å²) >= 11 is 0. The third-order valence-electron chi connectivity index (χ3n) is 4.55. The lowest BCUT2D eigenvalue weighted by molar-refractivity contribution is 0.133. The maximum Gasteiger partial charge on any atom is 0.138 e. The van der Waals surface area contributed by atoms with Crippen molar-refractivity contribution in [1.29, 1.82) is 0 Å². The van der Waals surface area contributed by atoms with Crippen molar-refractivity contribution in [3.8, 4) is 0 Å². The molecule has 1 atom stereocenters. The smallest absolute Gasteiger partial charge is 0.138 e. The first-order chi connectivity index (χ1) is 11.4. The first-order valence-corrected chi connectivity index (χ1v) is 8.47. The van der Waals surface area contributed by atoms with Crippen LogP contribution in [0.4, 0.5) is 0 Å². The Kier molecular flexibility index (Phi) is 5.03. The van der Waals surface area contributed by atoms with E-state index in [2.05, 4.69) is 15.2 Å². The number of aliphatic hydroxyl groups is 1. The summed E-state index contributed by atoms with van der Waals surface area (Å²) in [5.74, 6) is 0.896. The molecule has 2 aromatic rings. The number of hydrogen-bond donors (Lipinski definition) is 1. The molecule has 0 spiro atoms. The first kappa shape index (κ1) is 17.1. The van der Waals surface area contributed by atoms with Crippen LogP contribution in [0, 0.1) is 13.8 Å². The molecule has 0 radical (unpaired) electrons. The molecule has 0 fully saturated rings. The fourth-order valence-corrected chi connectivity index (χ4v) is 3.24. The van der Waals surface area contributed by atoms with Crippen LogP contribution in [0.2, 0.25) is 0 Å². The van der Waals surface area contributed by atoms with E-state index in [1.807, 2.05) is 43.6 Å². The molecule has 3 rings (SSSR count). The van der Waals surface area contributed by atoms with E-state index in [0.717, 1.165) is 55.4 Å². The van der Waals surface area contributed by atoms with Crippen molar-refractivity contribution >= 4 is 0 Å². The Morgan fingerprint density at radius 3 is 2.79 bits per heavy atom. The SMILES string of the molecule is Cc1noc(C)c1CN1CCCn2nc([C@@H](O)CN(C)C)cc2C1. The van der Waals surface area contributed by atoms with Crippen LogP contribution in [-0.2, 0) is 19.6 Å². The number of nitrogens with zero attached hydrogens (tertiary/aromatic N) is 5. The summed E-state index contributed by atoms with van der Waals surface area (Å²) < 4.78 is 7.32. The van der Waals surface area contributed by atoms with E-state index in [4.69, 9.17) is 4.52 Å². The van der Waals surface area contributed by atoms with Crippen LogP contribution in [0.3, 0.4) is 0 Å². The molecule has 24 heavy (non-hydrogen) atoms. The van der Waals surface area contributed by atoms with Crippen LogP contribution in [0.15, 0.2) is 10.6 Å². The fraction of sp³-hybridized carbons (Fsp3) is 0.647. The average molecular weight is 333 g/mol. The summed E-state index contributed by atoms with van der Waals surface area (Å²) in [6.07, 6.45) is 0.497. The van der Waals surface area contributed by atoms with Crippen molar-refractivity contribution in [2.75, 3.05) is 27.2 Å². The normalized spacial score (nSPS) is 17.1. The molecule has 0 aliphatic carbocycles. The lowest BCUT2D eigenvalue weighted by Gasteiger charge is -2.19. The molecular weight excluding hydrogens is 306 g/mol. The van der Waals surface area contributed by atoms with E-state index >= 15 is 0 Å². The molecule has 7 heteroatoms. The number of aryl methyl sites for hydroxylation is 3. The lowest BCUT2D eigenvalue weighted by Crippen LogP contribution is -2.23. The number of likely N-dealkylation sites (N-methyl/N-ethyl adjacent to an activating group) is 1. The van der Waals surface area contributed by atoms with Crippen molar-refractivity contribution in [2.24, 2.45) is 0 Å². The van der Waals surface area contributed by atoms with Gasteiger partial charge in [0.1, 0.15) is 11.9 Å². The summed E-state index contributed by atoms with van der Waals surface area (Å²) in [7, 11) is 3.91. The van der Waals surface area contributed by atoms with Crippen molar-refractivity contribution in [3.05, 3.63) is 34.5 Å². The van der Waals surface area contributed by atoms with Gasteiger partial charge in [-0.3, -0.25) is 9.58 Å². The second kappa shape index (κ2) is 7.04. The zero-order valence-corrected chi connectivity index (χ0v) is 15.0. The minimum Gasteiger partial charge on any atom is -0.385 e. The predicted molar refractivity (Wildman–Crippen MR) is 90.4 cm³/mol. The van der Waals surface area contributed by atoms with Gasteiger partial charge >= 0.3 is 0 Å². The van der Waals surface area contributed by atoms with Gasteiger partial charge in [-0.2, -0.15) is 5.10 Å². The topological polar surface area (TPSA) is 70.6 Å². The highest BCUT2D eigenvalue weighted by Gasteiger charge is 2.21. The highest BCUT2D eigenvalue weighted by Crippen LogP contribution is 2.21. The van der Waals surface area contributed by atoms with Gasteiger partial charge in [0, 0.05) is 38.3 Å². The molecule has 0 aromatic carbocycles. The van der Waals surface area contributed by atoms with Crippen LogP contribution < -0.4 is 0 Å². The minimum atomic E-state index is -0.546. The quantitative estimate of drug-likeness (QED) is 0.894. The maximum atomic E-state index is 10.3. The summed E-state index contributed by atoms with van der Waals surface area (Å²) in [6, 6.07) is 2.04. The maximum absolute atomic E-state index is 10.3. The number of aliphatic hydroxyl groups excluding tert-OH is 1. The van der Waals surface area contributed by atoms with Crippen LogP contribution in [0.5, 0.6) is 0 Å². The molecule has 1 N–H and O–H groups in total. The van der Waals surface area contributed by atoms with Gasteiger partial charge in [-0.25, -0.2) is 0 Å². The summed E-state index contributed by atoms with van der Waals surface area (Å²) in [6.45, 7) is 8.11. The third kappa shape index (κ3) is 3.68. The molecule has 0 saturated heterocycles. The molecule has 1 aliphatic heterocycles. The number of aromatic nitrogens is 3. The van der Waals surface area contributed by atoms with Gasteiger partial charge in [-0.05, 0) is 40.4 Å². The third-order valence-corrected chi connectivity index (χ3v) is 4.55. The number of hydrogen-bond acceptors (Lipinski definition) is 6. The van der Waals surface area contributed by atoms with Crippen LogP contribution in [0.25, 0.3) is 0 Å². The Labute approximate surface area is 142 Å². The summed E-state index contributed by atoms with van der Waals surface area (Å²) in [5.41, 5.74) is 4.06. The molecule has 2 aromatic heterocycles. The van der Waals surface area contributed by atoms with Gasteiger partial charge in [0.25, 0.3) is 0 Å². The Morgan fingerprint density at radius 2 is 2.12 bits per heavy atom. The molecule has 3 heterocycles. The van der Waals surface area contributed by atoms with Gasteiger partial charge in [-0.1, -0.05) is 5.16 Å². The molecule has 0 amide bonds. The molecule has 1 aliphatic rings. The van der Waals surface area contributed by atoms with Crippen LogP contribution in [-0.4, -0.2) is 57.0 Å². The van der Waals surface area contributed by atoms with E-state index in [9.17, 15) is 5.11 Å². The number of fused-ring (bicyclic) bond motifs is 1. The largest absolute Gasteiger partial charge is 0.385 e. The standard InChI is InChI=1S/C17H27N5O2/c1-12-15(13(2)24-19-12)10-21-6-5-7-22-14(9-21)8-16(18-22)17(23)11-20(3)4/h8,17,23H,5-7,9-11H2,1-4H3/t17-/m0/s1. The molecule has 132 valence electrons. The van der Waals surface area contributed by atoms with Crippen LogP contribution >= 0.6 is 0 Å². The summed E-state index contributed by atoms with van der Waals surface area (Å²) in [4.78, 5) is 4.37. The van der Waals surface area contributed by atoms with Gasteiger partial charge < -0.3 is 14.5 Å². The first-order valence-electron chi connectivity index (χ1n) is 8.47. The highest BCUT2D eigenvalue weighted by molar-refractivity contribution is 5.21. The Balaban J connectivity index is 1.74. The second-order valence-corrected chi connectivity index (χ2v) is 6.93. The van der Waals surface area contributed by atoms with Crippen molar-refractivity contribution in [2.45, 2.75) is 46.0 Å². The monoisotopic (exact) mass is 333 g/mol. The molecule has 0 saturated carbocycles. The van der Waals surface area contributed by atoms with E-state index in [1.165, 1.54) is 5.56 Å². The van der Waals surface area contributed by atoms with Gasteiger partial charge in [0.15, 0.2) is 0 Å².